The van der Waals surface area contributed by atoms with Crippen molar-refractivity contribution in [3.63, 3.8) is 0 Å². The van der Waals surface area contributed by atoms with Gasteiger partial charge in [0.05, 0.1) is 5.25 Å². The first-order valence-corrected chi connectivity index (χ1v) is 8.78. The Bertz CT molecular complexity index is 527. The van der Waals surface area contributed by atoms with Crippen molar-refractivity contribution in [1.29, 1.82) is 0 Å². The molecule has 2 amide bonds. The van der Waals surface area contributed by atoms with Crippen LogP contribution in [-0.2, 0) is 9.59 Å². The van der Waals surface area contributed by atoms with Crippen molar-refractivity contribution >= 4 is 29.3 Å². The predicted molar refractivity (Wildman–Crippen MR) is 96.6 cm³/mol. The molecule has 0 fully saturated rings. The monoisotopic (exact) mass is 337 g/mol. The Hall–Kier alpha value is -1.53. The van der Waals surface area contributed by atoms with E-state index in [0.717, 1.165) is 23.4 Å². The number of benzene rings is 1. The Morgan fingerprint density at radius 3 is 2.26 bits per heavy atom. The number of rotatable bonds is 8. The quantitative estimate of drug-likeness (QED) is 0.637. The fourth-order valence-electron chi connectivity index (χ4n) is 1.98. The lowest BCUT2D eigenvalue weighted by atomic mass is 9.94. The summed E-state index contributed by atoms with van der Waals surface area (Å²) in [6, 6.07) is 7.44. The van der Waals surface area contributed by atoms with Crippen LogP contribution in [0.25, 0.3) is 0 Å². The van der Waals surface area contributed by atoms with Crippen molar-refractivity contribution in [2.45, 2.75) is 56.2 Å². The maximum absolute atomic E-state index is 12.2. The van der Waals surface area contributed by atoms with E-state index in [4.69, 9.17) is 5.73 Å². The second-order valence-corrected chi connectivity index (χ2v) is 7.17. The molecule has 0 heterocycles. The smallest absolute Gasteiger partial charge is 0.233 e. The molecular weight excluding hydrogens is 310 g/mol. The molecule has 0 aliphatic heterocycles. The van der Waals surface area contributed by atoms with Crippen molar-refractivity contribution < 1.29 is 9.59 Å². The summed E-state index contributed by atoms with van der Waals surface area (Å²) in [5.74, 6) is -0.118. The second-order valence-electron chi connectivity index (χ2n) is 5.75. The van der Waals surface area contributed by atoms with E-state index in [1.54, 1.807) is 0 Å². The van der Waals surface area contributed by atoms with E-state index in [2.05, 4.69) is 10.6 Å². The summed E-state index contributed by atoms with van der Waals surface area (Å²) in [6.07, 6.45) is 1.66. The van der Waals surface area contributed by atoms with Crippen molar-refractivity contribution in [1.82, 2.24) is 5.32 Å². The Kier molecular flexibility index (Phi) is 7.58. The zero-order valence-electron chi connectivity index (χ0n) is 14.3. The highest BCUT2D eigenvalue weighted by molar-refractivity contribution is 8.00. The van der Waals surface area contributed by atoms with E-state index in [1.807, 2.05) is 45.0 Å². The molecule has 0 radical (unpaired) electrons. The van der Waals surface area contributed by atoms with Gasteiger partial charge in [0.25, 0.3) is 0 Å². The first-order chi connectivity index (χ1) is 10.8. The van der Waals surface area contributed by atoms with Gasteiger partial charge in [0.2, 0.25) is 11.8 Å². The number of carbonyl (C=O) groups excluding carboxylic acids is 2. The van der Waals surface area contributed by atoms with Crippen LogP contribution in [0.1, 0.15) is 40.5 Å². The van der Waals surface area contributed by atoms with Crippen molar-refractivity contribution in [2.75, 3.05) is 11.9 Å². The highest BCUT2D eigenvalue weighted by Crippen LogP contribution is 2.25. The number of thioether (sulfide) groups is 1. The van der Waals surface area contributed by atoms with Crippen LogP contribution < -0.4 is 16.4 Å². The van der Waals surface area contributed by atoms with Crippen LogP contribution in [0, 0.1) is 0 Å². The highest BCUT2D eigenvalue weighted by Gasteiger charge is 2.22. The standard InChI is InChI=1S/C17H27N3O2S/c1-5-17(18,6-2)11-19-16(22)12(3)23-15-9-7-14(8-10-15)20-13(4)21/h7-10,12H,5-6,11,18H2,1-4H3,(H,19,22)(H,20,21). The summed E-state index contributed by atoms with van der Waals surface area (Å²) < 4.78 is 0. The molecule has 1 rings (SSSR count). The van der Waals surface area contributed by atoms with Crippen molar-refractivity contribution in [3.8, 4) is 0 Å². The second kappa shape index (κ2) is 8.93. The predicted octanol–water partition coefficient (Wildman–Crippen LogP) is 2.76. The lowest BCUT2D eigenvalue weighted by Gasteiger charge is -2.27. The van der Waals surface area contributed by atoms with E-state index in [9.17, 15) is 9.59 Å². The highest BCUT2D eigenvalue weighted by atomic mass is 32.2. The third kappa shape index (κ3) is 6.62. The fraction of sp³-hybridized carbons (Fsp3) is 0.529. The van der Waals surface area contributed by atoms with Gasteiger partial charge in [-0.1, -0.05) is 13.8 Å². The van der Waals surface area contributed by atoms with Crippen LogP contribution in [0.5, 0.6) is 0 Å². The summed E-state index contributed by atoms with van der Waals surface area (Å²) in [5, 5.41) is 5.45. The van der Waals surface area contributed by atoms with E-state index in [0.29, 0.717) is 6.54 Å². The maximum atomic E-state index is 12.2. The molecule has 1 aromatic rings. The Morgan fingerprint density at radius 1 is 1.22 bits per heavy atom. The molecule has 0 saturated carbocycles. The van der Waals surface area contributed by atoms with Gasteiger partial charge >= 0.3 is 0 Å². The molecule has 1 aromatic carbocycles. The van der Waals surface area contributed by atoms with Crippen molar-refractivity contribution in [3.05, 3.63) is 24.3 Å². The first-order valence-electron chi connectivity index (χ1n) is 7.90. The van der Waals surface area contributed by atoms with Gasteiger partial charge in [0.1, 0.15) is 0 Å². The molecular formula is C17H27N3O2S. The zero-order chi connectivity index (χ0) is 17.5. The van der Waals surface area contributed by atoms with Gasteiger partial charge in [-0.3, -0.25) is 9.59 Å². The SMILES string of the molecule is CCC(N)(CC)CNC(=O)C(C)Sc1ccc(NC(C)=O)cc1. The zero-order valence-corrected chi connectivity index (χ0v) is 15.1. The molecule has 5 nitrogen and oxygen atoms in total. The van der Waals surface area contributed by atoms with Crippen LogP contribution >= 0.6 is 11.8 Å². The summed E-state index contributed by atoms with van der Waals surface area (Å²) in [5.41, 5.74) is 6.61. The first kappa shape index (κ1) is 19.5. The number of hydrogen-bond donors (Lipinski definition) is 3. The summed E-state index contributed by atoms with van der Waals surface area (Å²) in [4.78, 5) is 24.2. The number of carbonyl (C=O) groups is 2. The number of hydrogen-bond acceptors (Lipinski definition) is 4. The summed E-state index contributed by atoms with van der Waals surface area (Å²) in [7, 11) is 0. The average Bonchev–Trinajstić information content (AvgIpc) is 2.53. The van der Waals surface area contributed by atoms with E-state index in [-0.39, 0.29) is 22.6 Å². The van der Waals surface area contributed by atoms with Gasteiger partial charge in [0, 0.05) is 29.6 Å². The maximum Gasteiger partial charge on any atom is 0.233 e. The molecule has 0 aromatic heterocycles. The van der Waals surface area contributed by atoms with Crippen LogP contribution in [-0.4, -0.2) is 29.1 Å². The number of amides is 2. The van der Waals surface area contributed by atoms with Gasteiger partial charge < -0.3 is 16.4 Å². The van der Waals surface area contributed by atoms with Crippen LogP contribution in [0.15, 0.2) is 29.2 Å². The van der Waals surface area contributed by atoms with Crippen LogP contribution in [0.3, 0.4) is 0 Å². The molecule has 0 bridgehead atoms. The number of nitrogens with two attached hydrogens (primary N) is 1. The van der Waals surface area contributed by atoms with Gasteiger partial charge in [-0.05, 0) is 44.0 Å². The third-order valence-electron chi connectivity index (χ3n) is 3.88. The summed E-state index contributed by atoms with van der Waals surface area (Å²) in [6.45, 7) is 7.90. The molecule has 0 spiro atoms. The van der Waals surface area contributed by atoms with E-state index in [1.165, 1.54) is 18.7 Å². The van der Waals surface area contributed by atoms with E-state index < -0.39 is 0 Å². The van der Waals surface area contributed by atoms with Gasteiger partial charge in [-0.15, -0.1) is 11.8 Å². The Labute approximate surface area is 142 Å². The molecule has 0 saturated heterocycles. The minimum absolute atomic E-state index is 0.0161. The Balaban J connectivity index is 2.53. The summed E-state index contributed by atoms with van der Waals surface area (Å²) >= 11 is 1.48. The van der Waals surface area contributed by atoms with E-state index >= 15 is 0 Å². The molecule has 4 N–H and O–H groups in total. The largest absolute Gasteiger partial charge is 0.353 e. The normalized spacial score (nSPS) is 12.6. The average molecular weight is 337 g/mol. The molecule has 0 aliphatic carbocycles. The number of nitrogens with one attached hydrogen (secondary N) is 2. The molecule has 6 heteroatoms. The van der Waals surface area contributed by atoms with Gasteiger partial charge in [-0.25, -0.2) is 0 Å². The van der Waals surface area contributed by atoms with Crippen molar-refractivity contribution in [2.24, 2.45) is 5.73 Å². The molecule has 128 valence electrons. The molecule has 1 unspecified atom stereocenters. The third-order valence-corrected chi connectivity index (χ3v) is 4.99. The van der Waals surface area contributed by atoms with Gasteiger partial charge in [-0.2, -0.15) is 0 Å². The van der Waals surface area contributed by atoms with Crippen LogP contribution in [0.2, 0.25) is 0 Å². The lowest BCUT2D eigenvalue weighted by molar-refractivity contribution is -0.120. The number of anilines is 1. The topological polar surface area (TPSA) is 84.2 Å². The van der Waals surface area contributed by atoms with Crippen LogP contribution in [0.4, 0.5) is 5.69 Å². The fourth-order valence-corrected chi connectivity index (χ4v) is 2.88. The Morgan fingerprint density at radius 2 is 1.78 bits per heavy atom. The molecule has 1 atom stereocenters. The molecule has 0 aliphatic rings. The minimum Gasteiger partial charge on any atom is -0.353 e. The minimum atomic E-state index is -0.333. The van der Waals surface area contributed by atoms with Gasteiger partial charge in [0.15, 0.2) is 0 Å². The molecule has 23 heavy (non-hydrogen) atoms. The lowest BCUT2D eigenvalue weighted by Crippen LogP contribution is -2.50.